The van der Waals surface area contributed by atoms with Gasteiger partial charge in [0.05, 0.1) is 31.6 Å². The molecule has 8 nitrogen and oxygen atoms in total. The SMILES string of the molecule is COc1ccc(-c2cc(F)cc3c2OC(CNC(=O)c2cccc(Cn4nc(C)cc4C)c2)C3)nn1. The number of nitrogens with zero attached hydrogens (tertiary/aromatic N) is 4. The monoisotopic (exact) mass is 487 g/mol. The molecule has 184 valence electrons. The van der Waals surface area contributed by atoms with Gasteiger partial charge in [-0.2, -0.15) is 5.10 Å². The lowest BCUT2D eigenvalue weighted by atomic mass is 10.0. The lowest BCUT2D eigenvalue weighted by molar-refractivity contribution is 0.0933. The minimum absolute atomic E-state index is 0.197. The summed E-state index contributed by atoms with van der Waals surface area (Å²) in [5, 5.41) is 15.5. The predicted molar refractivity (Wildman–Crippen MR) is 132 cm³/mol. The number of carbonyl (C=O) groups excluding carboxylic acids is 1. The third kappa shape index (κ3) is 4.91. The summed E-state index contributed by atoms with van der Waals surface area (Å²) in [5.41, 5.74) is 5.30. The molecule has 0 saturated carbocycles. The van der Waals surface area contributed by atoms with Crippen molar-refractivity contribution in [2.24, 2.45) is 0 Å². The molecular weight excluding hydrogens is 461 g/mol. The number of aryl methyl sites for hydroxylation is 2. The highest BCUT2D eigenvalue weighted by molar-refractivity contribution is 5.94. The van der Waals surface area contributed by atoms with Gasteiger partial charge in [0.25, 0.3) is 5.91 Å². The van der Waals surface area contributed by atoms with Crippen LogP contribution in [-0.2, 0) is 13.0 Å². The molecule has 0 fully saturated rings. The average Bonchev–Trinajstić information content (AvgIpc) is 3.43. The molecule has 4 aromatic rings. The first-order valence-corrected chi connectivity index (χ1v) is 11.6. The topological polar surface area (TPSA) is 91.2 Å². The van der Waals surface area contributed by atoms with E-state index in [1.54, 1.807) is 18.2 Å². The normalized spacial score (nSPS) is 14.3. The molecule has 0 saturated heterocycles. The van der Waals surface area contributed by atoms with Crippen molar-refractivity contribution in [2.45, 2.75) is 32.9 Å². The van der Waals surface area contributed by atoms with Crippen LogP contribution in [0.1, 0.15) is 32.9 Å². The number of nitrogens with one attached hydrogen (secondary N) is 1. The second-order valence-electron chi connectivity index (χ2n) is 8.84. The molecule has 2 aromatic carbocycles. The smallest absolute Gasteiger partial charge is 0.251 e. The van der Waals surface area contributed by atoms with Crippen molar-refractivity contribution >= 4 is 5.91 Å². The quantitative estimate of drug-likeness (QED) is 0.425. The second-order valence-corrected chi connectivity index (χ2v) is 8.84. The molecule has 1 N–H and O–H groups in total. The Balaban J connectivity index is 1.25. The minimum atomic E-state index is -0.380. The number of methoxy groups -OCH3 is 1. The first kappa shape index (κ1) is 23.5. The molecule has 1 aliphatic heterocycles. The van der Waals surface area contributed by atoms with Gasteiger partial charge in [-0.1, -0.05) is 12.1 Å². The maximum atomic E-state index is 14.3. The Labute approximate surface area is 208 Å². The number of fused-ring (bicyclic) bond motifs is 1. The van der Waals surface area contributed by atoms with E-state index >= 15 is 0 Å². The van der Waals surface area contributed by atoms with Crippen molar-refractivity contribution in [1.82, 2.24) is 25.3 Å². The van der Waals surface area contributed by atoms with E-state index in [4.69, 9.17) is 9.47 Å². The summed E-state index contributed by atoms with van der Waals surface area (Å²) in [4.78, 5) is 12.9. The summed E-state index contributed by atoms with van der Waals surface area (Å²) in [6.07, 6.45) is 0.149. The van der Waals surface area contributed by atoms with Crippen molar-refractivity contribution in [3.8, 4) is 22.9 Å². The number of hydrogen-bond donors (Lipinski definition) is 1. The molecule has 1 aliphatic rings. The highest BCUT2D eigenvalue weighted by Crippen LogP contribution is 2.39. The van der Waals surface area contributed by atoms with Crippen LogP contribution in [0.3, 0.4) is 0 Å². The van der Waals surface area contributed by atoms with Crippen LogP contribution >= 0.6 is 0 Å². The van der Waals surface area contributed by atoms with Gasteiger partial charge in [0.2, 0.25) is 5.88 Å². The number of carbonyl (C=O) groups is 1. The van der Waals surface area contributed by atoms with Gasteiger partial charge in [-0.15, -0.1) is 10.2 Å². The highest BCUT2D eigenvalue weighted by Gasteiger charge is 2.28. The summed E-state index contributed by atoms with van der Waals surface area (Å²) in [6.45, 7) is 4.84. The maximum absolute atomic E-state index is 14.3. The number of amides is 1. The molecule has 36 heavy (non-hydrogen) atoms. The molecule has 0 radical (unpaired) electrons. The Morgan fingerprint density at radius 1 is 1.17 bits per heavy atom. The number of rotatable bonds is 7. The lowest BCUT2D eigenvalue weighted by Crippen LogP contribution is -2.34. The zero-order valence-electron chi connectivity index (χ0n) is 20.3. The Bertz CT molecular complexity index is 1420. The first-order chi connectivity index (χ1) is 17.4. The van der Waals surface area contributed by atoms with Gasteiger partial charge >= 0.3 is 0 Å². The molecule has 1 amide bonds. The number of ether oxygens (including phenoxy) is 2. The molecule has 5 rings (SSSR count). The van der Waals surface area contributed by atoms with Crippen LogP contribution in [0, 0.1) is 19.7 Å². The molecule has 0 bridgehead atoms. The van der Waals surface area contributed by atoms with E-state index in [1.165, 1.54) is 19.2 Å². The van der Waals surface area contributed by atoms with Gasteiger partial charge in [-0.05, 0) is 55.8 Å². The van der Waals surface area contributed by atoms with E-state index in [0.717, 1.165) is 22.5 Å². The Morgan fingerprint density at radius 3 is 2.75 bits per heavy atom. The number of hydrogen-bond acceptors (Lipinski definition) is 6. The first-order valence-electron chi connectivity index (χ1n) is 11.6. The molecule has 1 atom stereocenters. The highest BCUT2D eigenvalue weighted by atomic mass is 19.1. The minimum Gasteiger partial charge on any atom is -0.487 e. The molecule has 1 unspecified atom stereocenters. The van der Waals surface area contributed by atoms with Gasteiger partial charge in [-0.3, -0.25) is 9.48 Å². The van der Waals surface area contributed by atoms with Gasteiger partial charge in [0, 0.05) is 34.9 Å². The summed E-state index contributed by atoms with van der Waals surface area (Å²) in [7, 11) is 1.50. The van der Waals surface area contributed by atoms with Crippen LogP contribution in [0.2, 0.25) is 0 Å². The fourth-order valence-electron chi connectivity index (χ4n) is 4.40. The summed E-state index contributed by atoms with van der Waals surface area (Å²) in [5.74, 6) is 0.348. The molecule has 0 spiro atoms. The third-order valence-electron chi connectivity index (χ3n) is 6.10. The molecule has 2 aromatic heterocycles. The van der Waals surface area contributed by atoms with E-state index in [1.807, 2.05) is 42.8 Å². The summed E-state index contributed by atoms with van der Waals surface area (Å²) in [6, 6.07) is 15.7. The standard InChI is InChI=1S/C27H26FN5O3/c1-16-9-17(2)33(32-16)15-18-5-4-6-19(10-18)27(34)29-14-22-12-20-11-21(28)13-23(26(20)36-22)24-7-8-25(35-3)31-30-24/h4-11,13,22H,12,14-15H2,1-3H3,(H,29,34). The van der Waals surface area contributed by atoms with E-state index in [9.17, 15) is 9.18 Å². The van der Waals surface area contributed by atoms with Crippen LogP contribution in [0.4, 0.5) is 4.39 Å². The molecule has 0 aliphatic carbocycles. The van der Waals surface area contributed by atoms with Crippen LogP contribution < -0.4 is 14.8 Å². The summed E-state index contributed by atoms with van der Waals surface area (Å²) >= 11 is 0. The second kappa shape index (κ2) is 9.77. The van der Waals surface area contributed by atoms with Gasteiger partial charge in [0.15, 0.2) is 0 Å². The van der Waals surface area contributed by atoms with E-state index in [0.29, 0.717) is 41.4 Å². The van der Waals surface area contributed by atoms with E-state index in [2.05, 4.69) is 20.6 Å². The number of halogens is 1. The maximum Gasteiger partial charge on any atom is 0.251 e. The Kier molecular flexibility index (Phi) is 6.37. The third-order valence-corrected chi connectivity index (χ3v) is 6.10. The van der Waals surface area contributed by atoms with Crippen molar-refractivity contribution in [3.05, 3.63) is 88.5 Å². The van der Waals surface area contributed by atoms with E-state index < -0.39 is 0 Å². The Morgan fingerprint density at radius 2 is 2.03 bits per heavy atom. The van der Waals surface area contributed by atoms with Crippen molar-refractivity contribution in [3.63, 3.8) is 0 Å². The van der Waals surface area contributed by atoms with Crippen LogP contribution in [0.5, 0.6) is 11.6 Å². The predicted octanol–water partition coefficient (Wildman–Crippen LogP) is 3.89. The van der Waals surface area contributed by atoms with Crippen molar-refractivity contribution < 1.29 is 18.7 Å². The zero-order valence-corrected chi connectivity index (χ0v) is 20.3. The van der Waals surface area contributed by atoms with Crippen molar-refractivity contribution in [2.75, 3.05) is 13.7 Å². The molecular formula is C27H26FN5O3. The van der Waals surface area contributed by atoms with Crippen LogP contribution in [-0.4, -0.2) is 45.6 Å². The average molecular weight is 488 g/mol. The number of benzene rings is 2. The molecule has 9 heteroatoms. The molecule has 3 heterocycles. The largest absolute Gasteiger partial charge is 0.487 e. The van der Waals surface area contributed by atoms with Crippen molar-refractivity contribution in [1.29, 1.82) is 0 Å². The lowest BCUT2D eigenvalue weighted by Gasteiger charge is -2.14. The van der Waals surface area contributed by atoms with E-state index in [-0.39, 0.29) is 24.4 Å². The fourth-order valence-corrected chi connectivity index (χ4v) is 4.40. The zero-order chi connectivity index (χ0) is 25.2. The summed E-state index contributed by atoms with van der Waals surface area (Å²) < 4.78 is 27.4. The number of aromatic nitrogens is 4. The Hall–Kier alpha value is -4.27. The van der Waals surface area contributed by atoms with Gasteiger partial charge < -0.3 is 14.8 Å². The fraction of sp³-hybridized carbons (Fsp3) is 0.259. The van der Waals surface area contributed by atoms with Gasteiger partial charge in [0.1, 0.15) is 17.7 Å². The van der Waals surface area contributed by atoms with Crippen LogP contribution in [0.25, 0.3) is 11.3 Å². The van der Waals surface area contributed by atoms with Gasteiger partial charge in [-0.25, -0.2) is 4.39 Å². The van der Waals surface area contributed by atoms with Crippen LogP contribution in [0.15, 0.2) is 54.6 Å².